The molecule has 1 atom stereocenters. The van der Waals surface area contributed by atoms with E-state index in [4.69, 9.17) is 18.9 Å². The first kappa shape index (κ1) is 47.8. The molecule has 10 heteroatoms. The highest BCUT2D eigenvalue weighted by Crippen LogP contribution is 2.44. The van der Waals surface area contributed by atoms with Crippen LogP contribution < -0.4 is 18.9 Å². The number of rotatable bonds is 29. The lowest BCUT2D eigenvalue weighted by Gasteiger charge is -2.32. The molecule has 2 aromatic carbocycles. The number of fused-ring (bicyclic) bond motifs is 3. The normalized spacial score (nSPS) is 16.0. The second kappa shape index (κ2) is 25.0. The van der Waals surface area contributed by atoms with Crippen molar-refractivity contribution in [2.45, 2.75) is 83.2 Å². The van der Waals surface area contributed by atoms with Gasteiger partial charge in [0.25, 0.3) is 0 Å². The maximum absolute atomic E-state index is 6.69. The summed E-state index contributed by atoms with van der Waals surface area (Å²) in [6.45, 7) is 17.5. The number of hydrogen-bond donors (Lipinski definition) is 0. The molecule has 0 fully saturated rings. The molecule has 0 bridgehead atoms. The van der Waals surface area contributed by atoms with E-state index in [1.807, 2.05) is 0 Å². The summed E-state index contributed by atoms with van der Waals surface area (Å²) in [6.07, 6.45) is 14.3. The van der Waals surface area contributed by atoms with Crippen LogP contribution in [0.5, 0.6) is 23.0 Å². The van der Waals surface area contributed by atoms with Crippen LogP contribution in [0.15, 0.2) is 36.4 Å². The number of hydrogen-bond acceptors (Lipinski definition) is 10. The maximum atomic E-state index is 6.69. The molecule has 0 radical (unpaired) electrons. The Hall–Kier alpha value is -2.86. The van der Waals surface area contributed by atoms with Crippen LogP contribution in [0.4, 0.5) is 0 Å². The molecule has 58 heavy (non-hydrogen) atoms. The number of unbranched alkanes of at least 4 members (excludes halogenated alkanes) is 2. The minimum absolute atomic E-state index is 0.189. The van der Waals surface area contributed by atoms with Crippen LogP contribution in [0.25, 0.3) is 6.08 Å². The van der Waals surface area contributed by atoms with Gasteiger partial charge in [-0.1, -0.05) is 12.1 Å². The number of ether oxygens (including phenoxy) is 4. The quantitative estimate of drug-likeness (QED) is 0.0783. The topological polar surface area (TPSA) is 56.4 Å². The van der Waals surface area contributed by atoms with Crippen molar-refractivity contribution in [3.05, 3.63) is 53.1 Å². The van der Waals surface area contributed by atoms with Crippen LogP contribution in [0.2, 0.25) is 0 Å². The SMILES string of the molecule is CN(C)CCCN(CCCCOc1ccc(C2COc3c(ccc4c3C=CC(C)(C)O4)C2)c(OCCCCN(CCCN(C)C)CCCN(C)C)c1)CCCN(C)C. The van der Waals surface area contributed by atoms with Gasteiger partial charge in [-0.3, -0.25) is 0 Å². The van der Waals surface area contributed by atoms with Crippen LogP contribution in [-0.2, 0) is 6.42 Å². The second-order valence-electron chi connectivity index (χ2n) is 18.3. The molecule has 0 saturated heterocycles. The third-order valence-electron chi connectivity index (χ3n) is 11.2. The molecule has 4 rings (SSSR count). The third-order valence-corrected chi connectivity index (χ3v) is 11.2. The van der Waals surface area contributed by atoms with Crippen molar-refractivity contribution in [2.75, 3.05) is 142 Å². The van der Waals surface area contributed by atoms with E-state index in [0.717, 1.165) is 126 Å². The standard InChI is InChI=1S/C48H82N6O4/c1-48(2)24-23-44-45(58-48)22-19-40-37-41(39-57-47(40)44)43-21-20-42(55-35-13-11-29-53(31-15-25-49(3)4)32-16-26-50(5)6)38-46(43)56-36-14-12-30-54(33-17-27-51(7)8)34-18-28-52(9)10/h19-24,38,41H,11-18,25-37,39H2,1-10H3. The van der Waals surface area contributed by atoms with E-state index in [9.17, 15) is 0 Å². The zero-order valence-corrected chi connectivity index (χ0v) is 38.5. The summed E-state index contributed by atoms with van der Waals surface area (Å²) in [5.41, 5.74) is 3.15. The molecule has 2 aromatic rings. The van der Waals surface area contributed by atoms with E-state index in [0.29, 0.717) is 19.8 Å². The Morgan fingerprint density at radius 2 is 1.12 bits per heavy atom. The summed E-state index contributed by atoms with van der Waals surface area (Å²) in [5.74, 6) is 3.86. The lowest BCUT2D eigenvalue weighted by atomic mass is 9.88. The Balaban J connectivity index is 1.38. The molecule has 1 unspecified atom stereocenters. The highest BCUT2D eigenvalue weighted by molar-refractivity contribution is 5.69. The van der Waals surface area contributed by atoms with E-state index >= 15 is 0 Å². The Kier molecular flexibility index (Phi) is 20.6. The number of benzene rings is 2. The first-order valence-corrected chi connectivity index (χ1v) is 22.4. The average molecular weight is 807 g/mol. The van der Waals surface area contributed by atoms with Gasteiger partial charge in [-0.2, -0.15) is 0 Å². The van der Waals surface area contributed by atoms with Gasteiger partial charge in [0.2, 0.25) is 0 Å². The Labute approximate surface area is 354 Å². The summed E-state index contributed by atoms with van der Waals surface area (Å²) in [7, 11) is 17.3. The van der Waals surface area contributed by atoms with Crippen LogP contribution in [0.3, 0.4) is 0 Å². The van der Waals surface area contributed by atoms with Gasteiger partial charge in [-0.05, 0) is 223 Å². The van der Waals surface area contributed by atoms with E-state index in [2.05, 4.69) is 142 Å². The summed E-state index contributed by atoms with van der Waals surface area (Å²) in [5, 5.41) is 0. The van der Waals surface area contributed by atoms with E-state index in [-0.39, 0.29) is 11.5 Å². The molecule has 2 aliphatic heterocycles. The molecular formula is C48H82N6O4. The lowest BCUT2D eigenvalue weighted by Crippen LogP contribution is -2.31. The van der Waals surface area contributed by atoms with Gasteiger partial charge in [0.05, 0.1) is 25.4 Å². The van der Waals surface area contributed by atoms with E-state index in [1.54, 1.807) is 0 Å². The Morgan fingerprint density at radius 3 is 1.66 bits per heavy atom. The monoisotopic (exact) mass is 807 g/mol. The van der Waals surface area contributed by atoms with Crippen molar-refractivity contribution in [1.82, 2.24) is 29.4 Å². The second-order valence-corrected chi connectivity index (χ2v) is 18.3. The van der Waals surface area contributed by atoms with Crippen molar-refractivity contribution in [3.63, 3.8) is 0 Å². The van der Waals surface area contributed by atoms with Gasteiger partial charge in [-0.25, -0.2) is 0 Å². The van der Waals surface area contributed by atoms with Crippen molar-refractivity contribution in [2.24, 2.45) is 0 Å². The van der Waals surface area contributed by atoms with E-state index in [1.165, 1.54) is 36.8 Å². The first-order chi connectivity index (χ1) is 27.8. The molecule has 0 aliphatic carbocycles. The summed E-state index contributed by atoms with van der Waals surface area (Å²) < 4.78 is 25.9. The molecule has 10 nitrogen and oxygen atoms in total. The molecule has 2 aliphatic rings. The van der Waals surface area contributed by atoms with Crippen LogP contribution in [-0.4, -0.2) is 177 Å². The lowest BCUT2D eigenvalue weighted by molar-refractivity contribution is 0.157. The van der Waals surface area contributed by atoms with Gasteiger partial charge in [-0.15, -0.1) is 0 Å². The average Bonchev–Trinajstić information content (AvgIpc) is 3.16. The highest BCUT2D eigenvalue weighted by Gasteiger charge is 2.30. The zero-order chi connectivity index (χ0) is 41.9. The molecule has 0 N–H and O–H groups in total. The fourth-order valence-electron chi connectivity index (χ4n) is 7.94. The highest BCUT2D eigenvalue weighted by atomic mass is 16.5. The Morgan fingerprint density at radius 1 is 0.603 bits per heavy atom. The fourth-order valence-corrected chi connectivity index (χ4v) is 7.94. The minimum atomic E-state index is -0.317. The predicted molar refractivity (Wildman–Crippen MR) is 244 cm³/mol. The van der Waals surface area contributed by atoms with E-state index < -0.39 is 0 Å². The predicted octanol–water partition coefficient (Wildman–Crippen LogP) is 7.32. The van der Waals surface area contributed by atoms with Gasteiger partial charge in [0, 0.05) is 17.5 Å². The Bertz CT molecular complexity index is 1470. The summed E-state index contributed by atoms with van der Waals surface area (Å²) in [6, 6.07) is 10.8. The molecule has 2 heterocycles. The van der Waals surface area contributed by atoms with Crippen LogP contribution in [0, 0.1) is 0 Å². The van der Waals surface area contributed by atoms with Crippen LogP contribution >= 0.6 is 0 Å². The third kappa shape index (κ3) is 17.4. The molecule has 0 amide bonds. The molecule has 0 aromatic heterocycles. The summed E-state index contributed by atoms with van der Waals surface area (Å²) >= 11 is 0. The van der Waals surface area contributed by atoms with Crippen LogP contribution in [0.1, 0.15) is 87.8 Å². The van der Waals surface area contributed by atoms with Gasteiger partial charge in [0.15, 0.2) is 0 Å². The molecular weight excluding hydrogens is 725 g/mol. The number of nitrogens with zero attached hydrogens (tertiary/aromatic N) is 6. The zero-order valence-electron chi connectivity index (χ0n) is 38.5. The molecule has 0 saturated carbocycles. The largest absolute Gasteiger partial charge is 0.493 e. The van der Waals surface area contributed by atoms with Gasteiger partial charge in [0.1, 0.15) is 28.6 Å². The van der Waals surface area contributed by atoms with Crippen molar-refractivity contribution in [1.29, 1.82) is 0 Å². The fraction of sp³-hybridized carbons (Fsp3) is 0.708. The molecule has 328 valence electrons. The minimum Gasteiger partial charge on any atom is -0.493 e. The van der Waals surface area contributed by atoms with Crippen molar-refractivity contribution in [3.8, 4) is 23.0 Å². The van der Waals surface area contributed by atoms with Crippen molar-refractivity contribution >= 4 is 6.08 Å². The molecule has 0 spiro atoms. The first-order valence-electron chi connectivity index (χ1n) is 22.4. The van der Waals surface area contributed by atoms with Crippen molar-refractivity contribution < 1.29 is 18.9 Å². The summed E-state index contributed by atoms with van der Waals surface area (Å²) in [4.78, 5) is 14.4. The van der Waals surface area contributed by atoms with Gasteiger partial charge >= 0.3 is 0 Å². The smallest absolute Gasteiger partial charge is 0.133 e. The van der Waals surface area contributed by atoms with Gasteiger partial charge < -0.3 is 48.3 Å². The maximum Gasteiger partial charge on any atom is 0.133 e.